The highest BCUT2D eigenvalue weighted by molar-refractivity contribution is 8.14. The van der Waals surface area contributed by atoms with Crippen LogP contribution in [-0.2, 0) is 0 Å². The number of carbonyl (C=O) groups is 1. The molecule has 1 aliphatic heterocycles. The van der Waals surface area contributed by atoms with Crippen LogP contribution in [0.3, 0.4) is 0 Å². The highest BCUT2D eigenvalue weighted by Gasteiger charge is 2.07. The van der Waals surface area contributed by atoms with E-state index in [1.54, 1.807) is 31.0 Å². The Morgan fingerprint density at radius 3 is 2.80 bits per heavy atom. The lowest BCUT2D eigenvalue weighted by Crippen LogP contribution is -2.13. The summed E-state index contributed by atoms with van der Waals surface area (Å²) in [6.07, 6.45) is 4.51. The lowest BCUT2D eigenvalue weighted by molar-refractivity contribution is 0.104. The van der Waals surface area contributed by atoms with Gasteiger partial charge in [0.05, 0.1) is 7.11 Å². The molecule has 1 heterocycles. The van der Waals surface area contributed by atoms with E-state index in [2.05, 4.69) is 10.3 Å². The molecule has 0 unspecified atom stereocenters. The third kappa shape index (κ3) is 4.97. The number of allylic oxidation sites excluding steroid dienone is 1. The maximum atomic E-state index is 12.3. The average molecular weight is 352 g/mol. The van der Waals surface area contributed by atoms with E-state index in [0.717, 1.165) is 40.9 Å². The van der Waals surface area contributed by atoms with Crippen molar-refractivity contribution in [3.8, 4) is 5.75 Å². The summed E-state index contributed by atoms with van der Waals surface area (Å²) in [5.41, 5.74) is 2.53. The molecule has 3 rings (SSSR count). The highest BCUT2D eigenvalue weighted by atomic mass is 32.2. The maximum absolute atomic E-state index is 12.3. The van der Waals surface area contributed by atoms with Crippen LogP contribution in [0.2, 0.25) is 0 Å². The van der Waals surface area contributed by atoms with Crippen molar-refractivity contribution in [3.05, 3.63) is 65.7 Å². The molecule has 25 heavy (non-hydrogen) atoms. The lowest BCUT2D eigenvalue weighted by atomic mass is 10.1. The van der Waals surface area contributed by atoms with Gasteiger partial charge in [0.25, 0.3) is 0 Å². The average Bonchev–Trinajstić information content (AvgIpc) is 2.67. The van der Waals surface area contributed by atoms with E-state index >= 15 is 0 Å². The van der Waals surface area contributed by atoms with E-state index in [0.29, 0.717) is 5.56 Å². The topological polar surface area (TPSA) is 50.7 Å². The Kier molecular flexibility index (Phi) is 5.90. The fourth-order valence-electron chi connectivity index (χ4n) is 2.39. The summed E-state index contributed by atoms with van der Waals surface area (Å²) in [6, 6.07) is 15.1. The van der Waals surface area contributed by atoms with Gasteiger partial charge in [-0.05, 0) is 54.5 Å². The van der Waals surface area contributed by atoms with Crippen molar-refractivity contribution < 1.29 is 9.53 Å². The van der Waals surface area contributed by atoms with Crippen LogP contribution in [0, 0.1) is 0 Å². The van der Waals surface area contributed by atoms with Gasteiger partial charge in [-0.1, -0.05) is 30.0 Å². The standard InChI is InChI=1S/C20H20N2O2S/c1-24-18-5-2-4-15(14-18)6-11-19(23)16-7-9-17(10-8-16)22-20-21-12-3-13-25-20/h2,4-11,14H,3,12-13H2,1H3,(H,21,22)/b11-6+. The predicted molar refractivity (Wildman–Crippen MR) is 106 cm³/mol. The second-order valence-electron chi connectivity index (χ2n) is 5.57. The van der Waals surface area contributed by atoms with Gasteiger partial charge in [-0.15, -0.1) is 0 Å². The first-order valence-corrected chi connectivity index (χ1v) is 9.14. The fourth-order valence-corrected chi connectivity index (χ4v) is 3.23. The monoisotopic (exact) mass is 352 g/mol. The largest absolute Gasteiger partial charge is 0.497 e. The molecule has 0 atom stereocenters. The first kappa shape index (κ1) is 17.3. The Hall–Kier alpha value is -2.53. The number of benzene rings is 2. The molecule has 0 fully saturated rings. The zero-order valence-corrected chi connectivity index (χ0v) is 14.9. The molecule has 0 saturated heterocycles. The number of aliphatic imine (C=N–C) groups is 1. The van der Waals surface area contributed by atoms with E-state index < -0.39 is 0 Å². The molecule has 0 spiro atoms. The van der Waals surface area contributed by atoms with Crippen molar-refractivity contribution in [1.29, 1.82) is 0 Å². The van der Waals surface area contributed by atoms with E-state index in [1.807, 2.05) is 48.5 Å². The number of nitrogens with zero attached hydrogens (tertiary/aromatic N) is 1. The van der Waals surface area contributed by atoms with Crippen molar-refractivity contribution in [1.82, 2.24) is 0 Å². The molecule has 1 N–H and O–H groups in total. The van der Waals surface area contributed by atoms with Gasteiger partial charge in [-0.3, -0.25) is 9.79 Å². The number of nitrogens with one attached hydrogen (secondary N) is 1. The molecule has 0 radical (unpaired) electrons. The molecule has 5 heteroatoms. The zero-order chi connectivity index (χ0) is 17.5. The van der Waals surface area contributed by atoms with Gasteiger partial charge in [0.1, 0.15) is 5.75 Å². The second-order valence-corrected chi connectivity index (χ2v) is 6.65. The van der Waals surface area contributed by atoms with Gasteiger partial charge in [0.15, 0.2) is 11.0 Å². The number of anilines is 1. The Morgan fingerprint density at radius 2 is 2.08 bits per heavy atom. The minimum Gasteiger partial charge on any atom is -0.497 e. The van der Waals surface area contributed by atoms with Crippen molar-refractivity contribution in [2.45, 2.75) is 6.42 Å². The minimum absolute atomic E-state index is 0.0289. The van der Waals surface area contributed by atoms with Crippen LogP contribution in [0.5, 0.6) is 5.75 Å². The van der Waals surface area contributed by atoms with Crippen LogP contribution in [0.15, 0.2) is 59.6 Å². The minimum atomic E-state index is -0.0289. The highest BCUT2D eigenvalue weighted by Crippen LogP contribution is 2.18. The zero-order valence-electron chi connectivity index (χ0n) is 14.1. The van der Waals surface area contributed by atoms with E-state index in [-0.39, 0.29) is 5.78 Å². The van der Waals surface area contributed by atoms with Crippen LogP contribution in [0.4, 0.5) is 5.69 Å². The summed E-state index contributed by atoms with van der Waals surface area (Å²) in [7, 11) is 1.63. The number of thioether (sulfide) groups is 1. The fraction of sp³-hybridized carbons (Fsp3) is 0.200. The Balaban J connectivity index is 1.63. The van der Waals surface area contributed by atoms with Gasteiger partial charge in [0.2, 0.25) is 0 Å². The van der Waals surface area contributed by atoms with E-state index in [1.165, 1.54) is 0 Å². The number of methoxy groups -OCH3 is 1. The predicted octanol–water partition coefficient (Wildman–Crippen LogP) is 4.50. The summed E-state index contributed by atoms with van der Waals surface area (Å²) in [6.45, 7) is 0.876. The molecule has 0 aliphatic carbocycles. The number of rotatable bonds is 5. The first-order chi connectivity index (χ1) is 12.2. The third-order valence-corrected chi connectivity index (χ3v) is 4.74. The Morgan fingerprint density at radius 1 is 1.24 bits per heavy atom. The summed E-state index contributed by atoms with van der Waals surface area (Å²) in [5.74, 6) is 1.84. The van der Waals surface area contributed by atoms with Crippen LogP contribution in [0.25, 0.3) is 6.08 Å². The Labute approximate surface area is 152 Å². The lowest BCUT2D eigenvalue weighted by Gasteiger charge is -2.13. The SMILES string of the molecule is COc1cccc(/C=C/C(=O)c2ccc(NC3=NCCCS3)cc2)c1. The molecule has 4 nitrogen and oxygen atoms in total. The number of hydrogen-bond donors (Lipinski definition) is 1. The van der Waals surface area contributed by atoms with E-state index in [9.17, 15) is 4.79 Å². The summed E-state index contributed by atoms with van der Waals surface area (Å²) < 4.78 is 5.18. The van der Waals surface area contributed by atoms with Crippen LogP contribution in [0.1, 0.15) is 22.3 Å². The number of amidine groups is 1. The van der Waals surface area contributed by atoms with Crippen LogP contribution >= 0.6 is 11.8 Å². The quantitative estimate of drug-likeness (QED) is 0.636. The smallest absolute Gasteiger partial charge is 0.185 e. The van der Waals surface area contributed by atoms with E-state index in [4.69, 9.17) is 4.74 Å². The molecular weight excluding hydrogens is 332 g/mol. The number of ether oxygens (including phenoxy) is 1. The molecule has 2 aromatic carbocycles. The van der Waals surface area contributed by atoms with Gasteiger partial charge < -0.3 is 10.1 Å². The van der Waals surface area contributed by atoms with Crippen molar-refractivity contribution in [2.75, 3.05) is 24.7 Å². The second kappa shape index (κ2) is 8.53. The molecule has 0 bridgehead atoms. The van der Waals surface area contributed by atoms with Gasteiger partial charge in [-0.2, -0.15) is 0 Å². The maximum Gasteiger partial charge on any atom is 0.185 e. The molecule has 128 valence electrons. The van der Waals surface area contributed by atoms with Crippen LogP contribution in [-0.4, -0.2) is 30.4 Å². The summed E-state index contributed by atoms with van der Waals surface area (Å²) in [4.78, 5) is 16.7. The molecular formula is C20H20N2O2S. The third-order valence-electron chi connectivity index (χ3n) is 3.74. The molecule has 0 amide bonds. The molecule has 2 aromatic rings. The first-order valence-electron chi connectivity index (χ1n) is 8.15. The number of ketones is 1. The molecule has 0 aromatic heterocycles. The van der Waals surface area contributed by atoms with Gasteiger partial charge in [-0.25, -0.2) is 0 Å². The van der Waals surface area contributed by atoms with Gasteiger partial charge >= 0.3 is 0 Å². The normalized spacial score (nSPS) is 14.2. The van der Waals surface area contributed by atoms with Crippen molar-refractivity contribution in [2.24, 2.45) is 4.99 Å². The van der Waals surface area contributed by atoms with Crippen molar-refractivity contribution >= 4 is 34.5 Å². The Bertz CT molecular complexity index is 798. The number of carbonyl (C=O) groups excluding carboxylic acids is 1. The molecule has 1 aliphatic rings. The van der Waals surface area contributed by atoms with Crippen molar-refractivity contribution in [3.63, 3.8) is 0 Å². The number of hydrogen-bond acceptors (Lipinski definition) is 5. The summed E-state index contributed by atoms with van der Waals surface area (Å²) in [5, 5.41) is 4.23. The van der Waals surface area contributed by atoms with Crippen LogP contribution < -0.4 is 10.1 Å². The summed E-state index contributed by atoms with van der Waals surface area (Å²) >= 11 is 1.73. The molecule has 0 saturated carbocycles. The van der Waals surface area contributed by atoms with Gasteiger partial charge in [0, 0.05) is 23.5 Å².